The van der Waals surface area contributed by atoms with Gasteiger partial charge in [-0.2, -0.15) is 0 Å². The number of hydrogen-bond acceptors (Lipinski definition) is 4. The minimum Gasteiger partial charge on any atom is -0.462 e. The molecular weight excluding hydrogens is 266 g/mol. The van der Waals surface area contributed by atoms with Gasteiger partial charge in [0.1, 0.15) is 18.1 Å². The molecule has 4 nitrogen and oxygen atoms in total. The highest BCUT2D eigenvalue weighted by Crippen LogP contribution is 2.24. The summed E-state index contributed by atoms with van der Waals surface area (Å²) in [4.78, 5) is 0. The predicted octanol–water partition coefficient (Wildman–Crippen LogP) is 3.50. The summed E-state index contributed by atoms with van der Waals surface area (Å²) >= 11 is 0. The van der Waals surface area contributed by atoms with E-state index in [0.29, 0.717) is 24.7 Å². The van der Waals surface area contributed by atoms with E-state index < -0.39 is 0 Å². The maximum atomic E-state index is 5.96. The van der Waals surface area contributed by atoms with Gasteiger partial charge in [-0.15, -0.1) is 0 Å². The molecule has 0 amide bonds. The quantitative estimate of drug-likeness (QED) is 0.797. The van der Waals surface area contributed by atoms with E-state index in [4.69, 9.17) is 13.9 Å². The van der Waals surface area contributed by atoms with Crippen molar-refractivity contribution in [3.8, 4) is 0 Å². The Morgan fingerprint density at radius 2 is 2.00 bits per heavy atom. The lowest BCUT2D eigenvalue weighted by atomic mass is 9.95. The highest BCUT2D eigenvalue weighted by Gasteiger charge is 2.22. The fraction of sp³-hybridized carbons (Fsp3) is 0.765. The molecule has 0 aromatic carbocycles. The van der Waals surface area contributed by atoms with Gasteiger partial charge >= 0.3 is 0 Å². The Morgan fingerprint density at radius 1 is 1.24 bits per heavy atom. The van der Waals surface area contributed by atoms with Gasteiger partial charge < -0.3 is 19.2 Å². The lowest BCUT2D eigenvalue weighted by Gasteiger charge is -2.27. The minimum absolute atomic E-state index is 0.302. The van der Waals surface area contributed by atoms with E-state index >= 15 is 0 Å². The third kappa shape index (κ3) is 5.81. The lowest BCUT2D eigenvalue weighted by molar-refractivity contribution is -0.0407. The van der Waals surface area contributed by atoms with Crippen LogP contribution in [-0.4, -0.2) is 25.9 Å². The van der Waals surface area contributed by atoms with E-state index in [2.05, 4.69) is 19.2 Å². The van der Waals surface area contributed by atoms with Crippen molar-refractivity contribution < 1.29 is 13.9 Å². The Bertz CT molecular complexity index is 402. The van der Waals surface area contributed by atoms with Crippen LogP contribution < -0.4 is 5.32 Å². The summed E-state index contributed by atoms with van der Waals surface area (Å²) in [7, 11) is 1.79. The molecule has 1 N–H and O–H groups in total. The molecule has 0 aliphatic heterocycles. The highest BCUT2D eigenvalue weighted by atomic mass is 16.5. The molecule has 120 valence electrons. The molecule has 1 saturated carbocycles. The number of rotatable bonds is 8. The summed E-state index contributed by atoms with van der Waals surface area (Å²) in [6.07, 6.45) is 5.13. The summed E-state index contributed by atoms with van der Waals surface area (Å²) in [5.74, 6) is 2.55. The molecule has 1 aliphatic rings. The highest BCUT2D eigenvalue weighted by molar-refractivity contribution is 5.06. The van der Waals surface area contributed by atoms with Crippen molar-refractivity contribution in [2.45, 2.75) is 64.9 Å². The van der Waals surface area contributed by atoms with Crippen molar-refractivity contribution in [1.82, 2.24) is 5.32 Å². The normalized spacial score (nSPS) is 22.9. The van der Waals surface area contributed by atoms with E-state index in [1.807, 2.05) is 12.1 Å². The van der Waals surface area contributed by atoms with Crippen LogP contribution >= 0.6 is 0 Å². The zero-order valence-electron chi connectivity index (χ0n) is 13.6. The van der Waals surface area contributed by atoms with Crippen LogP contribution in [0.1, 0.15) is 51.1 Å². The molecule has 4 heteroatoms. The summed E-state index contributed by atoms with van der Waals surface area (Å²) in [5.41, 5.74) is 0. The minimum atomic E-state index is 0.302. The van der Waals surface area contributed by atoms with Gasteiger partial charge in [0.25, 0.3) is 0 Å². The zero-order valence-corrected chi connectivity index (χ0v) is 13.6. The summed E-state index contributed by atoms with van der Waals surface area (Å²) in [6.45, 7) is 6.75. The summed E-state index contributed by atoms with van der Waals surface area (Å²) < 4.78 is 17.2. The molecule has 1 aromatic heterocycles. The van der Waals surface area contributed by atoms with Crippen LogP contribution in [0.3, 0.4) is 0 Å². The van der Waals surface area contributed by atoms with Crippen molar-refractivity contribution >= 4 is 0 Å². The Hall–Kier alpha value is -0.840. The maximum Gasteiger partial charge on any atom is 0.129 e. The van der Waals surface area contributed by atoms with Crippen molar-refractivity contribution in [2.75, 3.05) is 13.7 Å². The Balaban J connectivity index is 1.70. The van der Waals surface area contributed by atoms with E-state index in [0.717, 1.165) is 43.9 Å². The molecule has 0 radical (unpaired) electrons. The third-order valence-corrected chi connectivity index (χ3v) is 3.94. The first kappa shape index (κ1) is 16.5. The molecule has 2 atom stereocenters. The van der Waals surface area contributed by atoms with E-state index in [-0.39, 0.29) is 0 Å². The zero-order chi connectivity index (χ0) is 15.1. The van der Waals surface area contributed by atoms with Crippen LogP contribution in [-0.2, 0) is 22.6 Å². The molecule has 0 bridgehead atoms. The first-order valence-corrected chi connectivity index (χ1v) is 8.10. The fourth-order valence-corrected chi connectivity index (χ4v) is 2.75. The molecule has 1 aliphatic carbocycles. The topological polar surface area (TPSA) is 43.6 Å². The van der Waals surface area contributed by atoms with Gasteiger partial charge in [0, 0.05) is 7.11 Å². The molecule has 1 heterocycles. The first-order chi connectivity index (χ1) is 10.2. The number of furan rings is 1. The average Bonchev–Trinajstić information content (AvgIpc) is 2.93. The molecule has 21 heavy (non-hydrogen) atoms. The molecular formula is C17H29NO3. The molecule has 1 fully saturated rings. The van der Waals surface area contributed by atoms with E-state index in [9.17, 15) is 0 Å². The predicted molar refractivity (Wildman–Crippen MR) is 83.1 cm³/mol. The second kappa shape index (κ2) is 8.57. The molecule has 0 spiro atoms. The standard InChI is InChI=1S/C17H29NO3/c1-13(2)10-18-11-16-7-8-17(21-16)12-20-15-6-4-5-14(9-15)19-3/h7-8,13-15,18H,4-6,9-12H2,1-3H3. The number of ether oxygens (including phenoxy) is 2. The summed E-state index contributed by atoms with van der Waals surface area (Å²) in [6, 6.07) is 4.05. The van der Waals surface area contributed by atoms with Gasteiger partial charge in [-0.25, -0.2) is 0 Å². The smallest absolute Gasteiger partial charge is 0.129 e. The van der Waals surface area contributed by atoms with Crippen LogP contribution in [0, 0.1) is 5.92 Å². The van der Waals surface area contributed by atoms with Crippen molar-refractivity contribution in [3.63, 3.8) is 0 Å². The van der Waals surface area contributed by atoms with Crippen LogP contribution in [0.25, 0.3) is 0 Å². The van der Waals surface area contributed by atoms with Crippen molar-refractivity contribution in [2.24, 2.45) is 5.92 Å². The number of methoxy groups -OCH3 is 1. The monoisotopic (exact) mass is 295 g/mol. The molecule has 1 aromatic rings. The Kier molecular flexibility index (Phi) is 6.74. The first-order valence-electron chi connectivity index (χ1n) is 8.10. The number of nitrogens with one attached hydrogen (secondary N) is 1. The van der Waals surface area contributed by atoms with Crippen molar-refractivity contribution in [1.29, 1.82) is 0 Å². The van der Waals surface area contributed by atoms with Gasteiger partial charge in [-0.3, -0.25) is 0 Å². The Morgan fingerprint density at radius 3 is 2.76 bits per heavy atom. The Labute approximate surface area is 128 Å². The van der Waals surface area contributed by atoms with Crippen LogP contribution in [0.15, 0.2) is 16.5 Å². The SMILES string of the molecule is COC1CCCC(OCc2ccc(CNCC(C)C)o2)C1. The van der Waals surface area contributed by atoms with Gasteiger partial charge in [-0.1, -0.05) is 13.8 Å². The van der Waals surface area contributed by atoms with E-state index in [1.54, 1.807) is 7.11 Å². The maximum absolute atomic E-state index is 5.96. The van der Waals surface area contributed by atoms with Gasteiger partial charge in [0.05, 0.1) is 18.8 Å². The van der Waals surface area contributed by atoms with Gasteiger partial charge in [-0.05, 0) is 50.3 Å². The molecule has 2 rings (SSSR count). The molecule has 2 unspecified atom stereocenters. The molecule has 0 saturated heterocycles. The van der Waals surface area contributed by atoms with Crippen LogP contribution in [0.2, 0.25) is 0 Å². The van der Waals surface area contributed by atoms with Gasteiger partial charge in [0.15, 0.2) is 0 Å². The van der Waals surface area contributed by atoms with Crippen molar-refractivity contribution in [3.05, 3.63) is 23.7 Å². The second-order valence-electron chi connectivity index (χ2n) is 6.35. The third-order valence-electron chi connectivity index (χ3n) is 3.94. The fourth-order valence-electron chi connectivity index (χ4n) is 2.75. The second-order valence-corrected chi connectivity index (χ2v) is 6.35. The van der Waals surface area contributed by atoms with Crippen LogP contribution in [0.4, 0.5) is 0 Å². The summed E-state index contributed by atoms with van der Waals surface area (Å²) in [5, 5.41) is 3.38. The average molecular weight is 295 g/mol. The van der Waals surface area contributed by atoms with Gasteiger partial charge in [0.2, 0.25) is 0 Å². The van der Waals surface area contributed by atoms with Crippen LogP contribution in [0.5, 0.6) is 0 Å². The van der Waals surface area contributed by atoms with E-state index in [1.165, 1.54) is 6.42 Å². The lowest BCUT2D eigenvalue weighted by Crippen LogP contribution is -2.27. The number of hydrogen-bond donors (Lipinski definition) is 1. The largest absolute Gasteiger partial charge is 0.462 e.